The first kappa shape index (κ1) is 11.4. The normalized spacial score (nSPS) is 11.4. The summed E-state index contributed by atoms with van der Waals surface area (Å²) >= 11 is 0. The number of quaternary nitrogens is 1. The number of nitrogens with one attached hydrogen (secondary N) is 1. The zero-order valence-electron chi connectivity index (χ0n) is 8.72. The molecule has 0 unspecified atom stereocenters. The molecule has 1 amide bonds. The van der Waals surface area contributed by atoms with E-state index >= 15 is 0 Å². The van der Waals surface area contributed by atoms with Gasteiger partial charge in [0.2, 0.25) is 5.91 Å². The van der Waals surface area contributed by atoms with E-state index in [4.69, 9.17) is 0 Å². The van der Waals surface area contributed by atoms with Gasteiger partial charge in [0.1, 0.15) is 0 Å². The van der Waals surface area contributed by atoms with Crippen LogP contribution in [0, 0.1) is 0 Å². The van der Waals surface area contributed by atoms with Crippen LogP contribution in [0.25, 0.3) is 0 Å². The fraction of sp³-hybridized carbons (Fsp3) is 0.875. The summed E-state index contributed by atoms with van der Waals surface area (Å²) in [7, 11) is 9.63. The molecular weight excluding hydrogens is 154 g/mol. The van der Waals surface area contributed by atoms with Gasteiger partial charge in [0.15, 0.2) is 0 Å². The molecule has 12 heavy (non-hydrogen) atoms. The van der Waals surface area contributed by atoms with Crippen LogP contribution in [-0.2, 0) is 4.79 Å². The zero-order chi connectivity index (χ0) is 9.78. The van der Waals surface area contributed by atoms with Crippen LogP contribution < -0.4 is 5.43 Å². The number of nitrogens with zero attached hydrogens (tertiary/aromatic N) is 2. The molecule has 0 fully saturated rings. The van der Waals surface area contributed by atoms with Crippen molar-refractivity contribution in [3.63, 3.8) is 0 Å². The number of hydrogen-bond donors (Lipinski definition) is 1. The van der Waals surface area contributed by atoms with E-state index in [0.29, 0.717) is 11.0 Å². The molecular formula is C8H20N3O+. The SMILES string of the molecule is CN(C)C(=O)CCN[N+](C)(C)C. The summed E-state index contributed by atoms with van der Waals surface area (Å²) < 4.78 is 0.681. The van der Waals surface area contributed by atoms with Crippen molar-refractivity contribution in [1.82, 2.24) is 10.3 Å². The van der Waals surface area contributed by atoms with E-state index in [0.717, 1.165) is 6.54 Å². The summed E-state index contributed by atoms with van der Waals surface area (Å²) in [6.45, 7) is 0.723. The standard InChI is InChI=1S/C8H20N3O/c1-10(2)8(12)6-7-9-11(3,4)5/h9H,6-7H2,1-5H3/q+1. The Hall–Kier alpha value is -0.610. The first-order chi connectivity index (χ1) is 5.33. The Bertz CT molecular complexity index is 149. The van der Waals surface area contributed by atoms with Crippen molar-refractivity contribution in [3.05, 3.63) is 0 Å². The molecule has 0 aromatic rings. The lowest BCUT2D eigenvalue weighted by Gasteiger charge is -2.24. The van der Waals surface area contributed by atoms with Gasteiger partial charge in [-0.2, -0.15) is 5.43 Å². The van der Waals surface area contributed by atoms with E-state index in [1.54, 1.807) is 19.0 Å². The topological polar surface area (TPSA) is 32.3 Å². The molecule has 0 spiro atoms. The van der Waals surface area contributed by atoms with Gasteiger partial charge < -0.3 is 4.90 Å². The fourth-order valence-corrected chi connectivity index (χ4v) is 0.722. The lowest BCUT2D eigenvalue weighted by atomic mass is 10.4. The Labute approximate surface area is 74.7 Å². The van der Waals surface area contributed by atoms with E-state index < -0.39 is 0 Å². The lowest BCUT2D eigenvalue weighted by molar-refractivity contribution is -0.915. The van der Waals surface area contributed by atoms with E-state index in [2.05, 4.69) is 5.43 Å². The maximum atomic E-state index is 11.1. The predicted octanol–water partition coefficient (Wildman–Crippen LogP) is -0.324. The average molecular weight is 174 g/mol. The number of amides is 1. The van der Waals surface area contributed by atoms with Crippen molar-refractivity contribution in [1.29, 1.82) is 0 Å². The second-order valence-corrected chi connectivity index (χ2v) is 3.96. The fourth-order valence-electron chi connectivity index (χ4n) is 0.722. The summed E-state index contributed by atoms with van der Waals surface area (Å²) in [6, 6.07) is 0. The molecule has 0 aromatic heterocycles. The summed E-state index contributed by atoms with van der Waals surface area (Å²) in [4.78, 5) is 12.7. The molecule has 0 saturated heterocycles. The lowest BCUT2D eigenvalue weighted by Crippen LogP contribution is -2.49. The number of carbonyl (C=O) groups excluding carboxylic acids is 1. The van der Waals surface area contributed by atoms with Gasteiger partial charge in [-0.15, -0.1) is 0 Å². The minimum atomic E-state index is 0.163. The van der Waals surface area contributed by atoms with Gasteiger partial charge in [0.25, 0.3) is 0 Å². The zero-order valence-corrected chi connectivity index (χ0v) is 8.72. The van der Waals surface area contributed by atoms with Gasteiger partial charge >= 0.3 is 0 Å². The molecule has 0 rings (SSSR count). The summed E-state index contributed by atoms with van der Waals surface area (Å²) in [5.41, 5.74) is 3.20. The summed E-state index contributed by atoms with van der Waals surface area (Å²) in [5.74, 6) is 0.163. The number of carbonyl (C=O) groups is 1. The van der Waals surface area contributed by atoms with Crippen LogP contribution in [-0.4, -0.2) is 57.2 Å². The van der Waals surface area contributed by atoms with Crippen LogP contribution in [0.2, 0.25) is 0 Å². The highest BCUT2D eigenvalue weighted by Crippen LogP contribution is 1.87. The molecule has 0 aliphatic carbocycles. The van der Waals surface area contributed by atoms with Gasteiger partial charge in [-0.3, -0.25) is 9.39 Å². The highest BCUT2D eigenvalue weighted by Gasteiger charge is 2.08. The maximum Gasteiger partial charge on any atom is 0.223 e. The monoisotopic (exact) mass is 174 g/mol. The minimum absolute atomic E-state index is 0.163. The molecule has 0 saturated carbocycles. The molecule has 0 aromatic carbocycles. The van der Waals surface area contributed by atoms with Crippen LogP contribution in [0.4, 0.5) is 0 Å². The molecule has 4 heteroatoms. The molecule has 0 heterocycles. The van der Waals surface area contributed by atoms with Crippen LogP contribution in [0.1, 0.15) is 6.42 Å². The molecule has 0 bridgehead atoms. The Morgan fingerprint density at radius 2 is 1.83 bits per heavy atom. The number of hydrogen-bond acceptors (Lipinski definition) is 2. The van der Waals surface area contributed by atoms with Gasteiger partial charge in [0, 0.05) is 20.5 Å². The Kier molecular flexibility index (Phi) is 4.20. The predicted molar refractivity (Wildman–Crippen MR) is 49.3 cm³/mol. The maximum absolute atomic E-state index is 11.1. The van der Waals surface area contributed by atoms with Crippen LogP contribution in [0.15, 0.2) is 0 Å². The van der Waals surface area contributed by atoms with Gasteiger partial charge in [-0.1, -0.05) is 0 Å². The third kappa shape index (κ3) is 6.12. The number of rotatable bonds is 4. The van der Waals surface area contributed by atoms with Gasteiger partial charge in [0.05, 0.1) is 27.7 Å². The molecule has 0 aliphatic rings. The first-order valence-electron chi connectivity index (χ1n) is 4.09. The van der Waals surface area contributed by atoms with Crippen LogP contribution in [0.5, 0.6) is 0 Å². The van der Waals surface area contributed by atoms with Crippen molar-refractivity contribution in [3.8, 4) is 0 Å². The van der Waals surface area contributed by atoms with E-state index in [1.165, 1.54) is 0 Å². The third-order valence-corrected chi connectivity index (χ3v) is 1.42. The van der Waals surface area contributed by atoms with Crippen molar-refractivity contribution in [2.45, 2.75) is 6.42 Å². The average Bonchev–Trinajstić information content (AvgIpc) is 1.84. The molecule has 0 atom stereocenters. The Morgan fingerprint density at radius 1 is 1.33 bits per heavy atom. The molecule has 72 valence electrons. The van der Waals surface area contributed by atoms with Crippen molar-refractivity contribution < 1.29 is 9.39 Å². The molecule has 1 N–H and O–H groups in total. The molecule has 0 aliphatic heterocycles. The quantitative estimate of drug-likeness (QED) is 0.468. The van der Waals surface area contributed by atoms with E-state index in [1.807, 2.05) is 21.1 Å². The van der Waals surface area contributed by atoms with Crippen LogP contribution >= 0.6 is 0 Å². The van der Waals surface area contributed by atoms with Gasteiger partial charge in [-0.25, -0.2) is 0 Å². The van der Waals surface area contributed by atoms with Gasteiger partial charge in [-0.05, 0) is 0 Å². The van der Waals surface area contributed by atoms with Crippen molar-refractivity contribution in [2.75, 3.05) is 41.8 Å². The highest BCUT2D eigenvalue weighted by atomic mass is 16.2. The van der Waals surface area contributed by atoms with Crippen molar-refractivity contribution in [2.24, 2.45) is 0 Å². The summed E-state index contributed by atoms with van der Waals surface area (Å²) in [6.07, 6.45) is 0.558. The van der Waals surface area contributed by atoms with Crippen LogP contribution in [0.3, 0.4) is 0 Å². The smallest absolute Gasteiger partial charge is 0.223 e. The van der Waals surface area contributed by atoms with Crippen molar-refractivity contribution >= 4 is 5.91 Å². The first-order valence-corrected chi connectivity index (χ1v) is 4.09. The Morgan fingerprint density at radius 3 is 2.17 bits per heavy atom. The third-order valence-electron chi connectivity index (χ3n) is 1.42. The highest BCUT2D eigenvalue weighted by molar-refractivity contribution is 5.75. The minimum Gasteiger partial charge on any atom is -0.349 e. The second-order valence-electron chi connectivity index (χ2n) is 3.96. The largest absolute Gasteiger partial charge is 0.349 e. The van der Waals surface area contributed by atoms with E-state index in [-0.39, 0.29) is 5.91 Å². The Balaban J connectivity index is 3.51. The summed E-state index contributed by atoms with van der Waals surface area (Å²) in [5, 5.41) is 0. The molecule has 4 nitrogen and oxygen atoms in total. The molecule has 0 radical (unpaired) electrons. The van der Waals surface area contributed by atoms with E-state index in [9.17, 15) is 4.79 Å². The second kappa shape index (κ2) is 4.42.